The molecule has 0 saturated carbocycles. The third-order valence-corrected chi connectivity index (χ3v) is 5.83. The number of methoxy groups -OCH3 is 2. The molecule has 4 nitrogen and oxygen atoms in total. The number of benzene rings is 4. The molecular formula is C28H24O4. The lowest BCUT2D eigenvalue weighted by Gasteiger charge is -2.43. The topological polar surface area (TPSA) is 36.9 Å². The quantitative estimate of drug-likeness (QED) is 0.388. The Labute approximate surface area is 188 Å². The second kappa shape index (κ2) is 8.40. The lowest BCUT2D eigenvalue weighted by molar-refractivity contribution is -0.167. The number of fused-ring (bicyclic) bond motifs is 1. The van der Waals surface area contributed by atoms with Crippen molar-refractivity contribution >= 4 is 0 Å². The molecule has 160 valence electrons. The molecule has 1 aliphatic rings. The van der Waals surface area contributed by atoms with Gasteiger partial charge < -0.3 is 18.9 Å². The minimum atomic E-state index is -0.880. The summed E-state index contributed by atoms with van der Waals surface area (Å²) in [4.78, 5) is 0. The second-order valence-corrected chi connectivity index (χ2v) is 7.62. The molecule has 1 aliphatic heterocycles. The first-order valence-electron chi connectivity index (χ1n) is 10.5. The summed E-state index contributed by atoms with van der Waals surface area (Å²) in [5.74, 6) is 2.28. The summed E-state index contributed by atoms with van der Waals surface area (Å²) in [6, 6.07) is 34.1. The number of hydrogen-bond donors (Lipinski definition) is 0. The third kappa shape index (κ3) is 3.39. The van der Waals surface area contributed by atoms with Gasteiger partial charge in [-0.1, -0.05) is 60.7 Å². The molecule has 5 rings (SSSR count). The molecule has 4 aromatic carbocycles. The van der Waals surface area contributed by atoms with E-state index in [2.05, 4.69) is 24.3 Å². The van der Waals surface area contributed by atoms with Crippen LogP contribution in [0.15, 0.2) is 103 Å². The van der Waals surface area contributed by atoms with Gasteiger partial charge in [-0.05, 0) is 53.6 Å². The van der Waals surface area contributed by atoms with Crippen molar-refractivity contribution in [1.82, 2.24) is 0 Å². The predicted octanol–water partition coefficient (Wildman–Crippen LogP) is 6.10. The van der Waals surface area contributed by atoms with Gasteiger partial charge in [-0.3, -0.25) is 0 Å². The highest BCUT2D eigenvalue weighted by molar-refractivity contribution is 5.56. The molecular weight excluding hydrogens is 400 g/mol. The van der Waals surface area contributed by atoms with Crippen LogP contribution in [0.1, 0.15) is 28.5 Å². The molecule has 0 fully saturated rings. The number of rotatable bonds is 5. The van der Waals surface area contributed by atoms with Gasteiger partial charge in [0.05, 0.1) is 14.2 Å². The first kappa shape index (κ1) is 20.2. The molecule has 0 aliphatic carbocycles. The minimum Gasteiger partial charge on any atom is -0.497 e. The van der Waals surface area contributed by atoms with Crippen molar-refractivity contribution in [1.29, 1.82) is 0 Å². The molecule has 0 saturated heterocycles. The van der Waals surface area contributed by atoms with Crippen molar-refractivity contribution in [3.63, 3.8) is 0 Å². The van der Waals surface area contributed by atoms with Crippen molar-refractivity contribution in [2.75, 3.05) is 14.2 Å². The molecule has 32 heavy (non-hydrogen) atoms. The molecule has 0 bridgehead atoms. The summed E-state index contributed by atoms with van der Waals surface area (Å²) in [6.45, 7) is 0. The Bertz CT molecular complexity index is 1150. The van der Waals surface area contributed by atoms with Gasteiger partial charge in [0, 0.05) is 11.1 Å². The Morgan fingerprint density at radius 2 is 1.22 bits per heavy atom. The Morgan fingerprint density at radius 3 is 1.78 bits per heavy atom. The zero-order valence-corrected chi connectivity index (χ0v) is 18.0. The van der Waals surface area contributed by atoms with Crippen molar-refractivity contribution in [2.45, 2.75) is 11.9 Å². The fourth-order valence-electron chi connectivity index (χ4n) is 4.23. The second-order valence-electron chi connectivity index (χ2n) is 7.62. The van der Waals surface area contributed by atoms with Gasteiger partial charge in [0.2, 0.25) is 6.29 Å². The van der Waals surface area contributed by atoms with Crippen LogP contribution in [0.25, 0.3) is 0 Å². The largest absolute Gasteiger partial charge is 0.497 e. The third-order valence-electron chi connectivity index (χ3n) is 5.83. The summed E-state index contributed by atoms with van der Waals surface area (Å²) in [6.07, 6.45) is -0.609. The van der Waals surface area contributed by atoms with Gasteiger partial charge in [0.1, 0.15) is 17.2 Å². The standard InChI is InChI=1S/C28H24O4/c1-29-23-15-13-20(14-16-23)27-31-26-18-17-24(30-2)19-25(26)28(32-27,21-9-5-3-6-10-21)22-11-7-4-8-12-22/h3-19,27H,1-2H3. The molecule has 4 heteroatoms. The summed E-state index contributed by atoms with van der Waals surface area (Å²) in [5.41, 5.74) is 2.96. The predicted molar refractivity (Wildman–Crippen MR) is 123 cm³/mol. The zero-order valence-electron chi connectivity index (χ0n) is 18.0. The highest BCUT2D eigenvalue weighted by Crippen LogP contribution is 2.52. The normalized spacial score (nSPS) is 16.5. The average molecular weight is 424 g/mol. The SMILES string of the molecule is COc1ccc(C2Oc3ccc(OC)cc3C(c3ccccc3)(c3ccccc3)O2)cc1. The van der Waals surface area contributed by atoms with Gasteiger partial charge in [-0.2, -0.15) is 0 Å². The van der Waals surface area contributed by atoms with Crippen molar-refractivity contribution < 1.29 is 18.9 Å². The molecule has 0 N–H and O–H groups in total. The fourth-order valence-corrected chi connectivity index (χ4v) is 4.23. The average Bonchev–Trinajstić information content (AvgIpc) is 2.88. The van der Waals surface area contributed by atoms with Crippen LogP contribution < -0.4 is 14.2 Å². The molecule has 1 heterocycles. The first-order chi connectivity index (χ1) is 15.7. The Balaban J connectivity index is 1.76. The molecule has 0 aromatic heterocycles. The summed E-state index contributed by atoms with van der Waals surface area (Å²) >= 11 is 0. The van der Waals surface area contributed by atoms with Gasteiger partial charge >= 0.3 is 0 Å². The van der Waals surface area contributed by atoms with E-state index in [0.717, 1.165) is 39.5 Å². The Morgan fingerprint density at radius 1 is 0.656 bits per heavy atom. The molecule has 0 spiro atoms. The Hall–Kier alpha value is -3.76. The van der Waals surface area contributed by atoms with Crippen LogP contribution >= 0.6 is 0 Å². The summed E-state index contributed by atoms with van der Waals surface area (Å²) in [5, 5.41) is 0. The van der Waals surface area contributed by atoms with E-state index in [1.165, 1.54) is 0 Å². The molecule has 0 amide bonds. The number of hydrogen-bond acceptors (Lipinski definition) is 4. The lowest BCUT2D eigenvalue weighted by atomic mass is 9.78. The maximum atomic E-state index is 6.91. The van der Waals surface area contributed by atoms with Gasteiger partial charge in [0.15, 0.2) is 5.60 Å². The van der Waals surface area contributed by atoms with Crippen LogP contribution in [0.3, 0.4) is 0 Å². The van der Waals surface area contributed by atoms with E-state index in [-0.39, 0.29) is 0 Å². The lowest BCUT2D eigenvalue weighted by Crippen LogP contribution is -2.39. The minimum absolute atomic E-state index is 0.609. The van der Waals surface area contributed by atoms with Crippen LogP contribution in [0.4, 0.5) is 0 Å². The molecule has 1 unspecified atom stereocenters. The fraction of sp³-hybridized carbons (Fsp3) is 0.143. The first-order valence-corrected chi connectivity index (χ1v) is 10.5. The van der Waals surface area contributed by atoms with Crippen LogP contribution in [0.5, 0.6) is 17.2 Å². The van der Waals surface area contributed by atoms with Crippen LogP contribution in [0, 0.1) is 0 Å². The van der Waals surface area contributed by atoms with Crippen LogP contribution in [0.2, 0.25) is 0 Å². The zero-order chi connectivity index (χ0) is 22.0. The van der Waals surface area contributed by atoms with Crippen molar-refractivity contribution in [3.8, 4) is 17.2 Å². The van der Waals surface area contributed by atoms with Crippen molar-refractivity contribution in [3.05, 3.63) is 125 Å². The van der Waals surface area contributed by atoms with E-state index in [0.29, 0.717) is 0 Å². The maximum absolute atomic E-state index is 6.91. The van der Waals surface area contributed by atoms with E-state index in [4.69, 9.17) is 18.9 Å². The van der Waals surface area contributed by atoms with Crippen molar-refractivity contribution in [2.24, 2.45) is 0 Å². The molecule has 0 radical (unpaired) electrons. The summed E-state index contributed by atoms with van der Waals surface area (Å²) in [7, 11) is 3.32. The van der Waals surface area contributed by atoms with E-state index in [1.54, 1.807) is 14.2 Å². The number of ether oxygens (including phenoxy) is 4. The highest BCUT2D eigenvalue weighted by Gasteiger charge is 2.46. The summed E-state index contributed by atoms with van der Waals surface area (Å²) < 4.78 is 24.2. The molecule has 4 aromatic rings. The molecule has 1 atom stereocenters. The maximum Gasteiger partial charge on any atom is 0.228 e. The van der Waals surface area contributed by atoms with Gasteiger partial charge in [-0.15, -0.1) is 0 Å². The van der Waals surface area contributed by atoms with Gasteiger partial charge in [-0.25, -0.2) is 0 Å². The van der Waals surface area contributed by atoms with Crippen LogP contribution in [-0.4, -0.2) is 14.2 Å². The van der Waals surface area contributed by atoms with E-state index >= 15 is 0 Å². The van der Waals surface area contributed by atoms with E-state index < -0.39 is 11.9 Å². The van der Waals surface area contributed by atoms with Crippen LogP contribution in [-0.2, 0) is 10.3 Å². The van der Waals surface area contributed by atoms with E-state index in [9.17, 15) is 0 Å². The smallest absolute Gasteiger partial charge is 0.228 e. The van der Waals surface area contributed by atoms with Gasteiger partial charge in [0.25, 0.3) is 0 Å². The van der Waals surface area contributed by atoms with E-state index in [1.807, 2.05) is 78.9 Å². The highest BCUT2D eigenvalue weighted by atomic mass is 16.7. The Kier molecular flexibility index (Phi) is 5.29. The monoisotopic (exact) mass is 424 g/mol.